The van der Waals surface area contributed by atoms with E-state index < -0.39 is 0 Å². The summed E-state index contributed by atoms with van der Waals surface area (Å²) in [4.78, 5) is 18.3. The molecule has 0 aliphatic heterocycles. The summed E-state index contributed by atoms with van der Waals surface area (Å²) in [5.74, 6) is -0.0292. The molecule has 1 aromatic carbocycles. The minimum Gasteiger partial charge on any atom is -0.335 e. The van der Waals surface area contributed by atoms with Gasteiger partial charge in [-0.15, -0.1) is 0 Å². The van der Waals surface area contributed by atoms with Gasteiger partial charge in [0.05, 0.1) is 11.7 Å². The van der Waals surface area contributed by atoms with E-state index in [-0.39, 0.29) is 11.9 Å². The molecule has 4 heteroatoms. The molecule has 1 amide bonds. The summed E-state index contributed by atoms with van der Waals surface area (Å²) in [6.45, 7) is 2.34. The summed E-state index contributed by atoms with van der Waals surface area (Å²) in [6, 6.07) is 13.4. The Labute approximate surface area is 119 Å². The van der Waals surface area contributed by atoms with Gasteiger partial charge in [-0.25, -0.2) is 0 Å². The summed E-state index contributed by atoms with van der Waals surface area (Å²) < 4.78 is 0. The lowest BCUT2D eigenvalue weighted by Gasteiger charge is -2.25. The van der Waals surface area contributed by atoms with Gasteiger partial charge in [0.2, 0.25) is 0 Å². The molecule has 1 unspecified atom stereocenters. The third kappa shape index (κ3) is 3.03. The number of amides is 1. The Morgan fingerprint density at radius 1 is 1.30 bits per heavy atom. The molecule has 4 nitrogen and oxygen atoms in total. The van der Waals surface area contributed by atoms with E-state index >= 15 is 0 Å². The molecule has 0 radical (unpaired) electrons. The standard InChI is InChI=1S/C16H19N3O/c1-12(13-6-4-3-5-7-13)19(2)16(20)14-8-9-18-15(10-14)11-17/h3-10,12H,11,17H2,1-2H3. The lowest BCUT2D eigenvalue weighted by molar-refractivity contribution is 0.0742. The maximum atomic E-state index is 12.5. The maximum Gasteiger partial charge on any atom is 0.254 e. The van der Waals surface area contributed by atoms with Crippen LogP contribution < -0.4 is 5.73 Å². The average Bonchev–Trinajstić information content (AvgIpc) is 2.53. The highest BCUT2D eigenvalue weighted by Crippen LogP contribution is 2.20. The van der Waals surface area contributed by atoms with Crippen LogP contribution in [0, 0.1) is 0 Å². The highest BCUT2D eigenvalue weighted by Gasteiger charge is 2.18. The Morgan fingerprint density at radius 2 is 2.00 bits per heavy atom. The Kier molecular flexibility index (Phi) is 4.48. The predicted octanol–water partition coefficient (Wildman–Crippen LogP) is 2.37. The monoisotopic (exact) mass is 269 g/mol. The molecular formula is C16H19N3O. The van der Waals surface area contributed by atoms with Gasteiger partial charge in [-0.05, 0) is 24.6 Å². The Hall–Kier alpha value is -2.20. The number of pyridine rings is 1. The third-order valence-electron chi connectivity index (χ3n) is 3.46. The number of rotatable bonds is 4. The first-order valence-corrected chi connectivity index (χ1v) is 6.60. The molecule has 0 aliphatic rings. The number of carbonyl (C=O) groups is 1. The second-order valence-corrected chi connectivity index (χ2v) is 4.74. The van der Waals surface area contributed by atoms with E-state index in [1.54, 1.807) is 23.2 Å². The van der Waals surface area contributed by atoms with Crippen LogP contribution in [0.2, 0.25) is 0 Å². The molecular weight excluding hydrogens is 250 g/mol. The molecule has 1 heterocycles. The zero-order valence-corrected chi connectivity index (χ0v) is 11.8. The number of benzene rings is 1. The van der Waals surface area contributed by atoms with Crippen molar-refractivity contribution in [3.8, 4) is 0 Å². The van der Waals surface area contributed by atoms with E-state index in [0.717, 1.165) is 11.3 Å². The zero-order valence-electron chi connectivity index (χ0n) is 11.8. The van der Waals surface area contributed by atoms with Crippen LogP contribution >= 0.6 is 0 Å². The summed E-state index contributed by atoms with van der Waals surface area (Å²) in [7, 11) is 1.81. The number of hydrogen-bond donors (Lipinski definition) is 1. The van der Waals surface area contributed by atoms with Gasteiger partial charge in [-0.2, -0.15) is 0 Å². The van der Waals surface area contributed by atoms with Gasteiger partial charge in [0, 0.05) is 25.4 Å². The van der Waals surface area contributed by atoms with Gasteiger partial charge in [0.1, 0.15) is 0 Å². The fourth-order valence-corrected chi connectivity index (χ4v) is 2.06. The number of nitrogens with two attached hydrogens (primary N) is 1. The predicted molar refractivity (Wildman–Crippen MR) is 79.1 cm³/mol. The summed E-state index contributed by atoms with van der Waals surface area (Å²) in [5.41, 5.74) is 8.00. The normalized spacial score (nSPS) is 11.9. The fraction of sp³-hybridized carbons (Fsp3) is 0.250. The van der Waals surface area contributed by atoms with Crippen LogP contribution in [-0.4, -0.2) is 22.8 Å². The van der Waals surface area contributed by atoms with Crippen molar-refractivity contribution in [3.63, 3.8) is 0 Å². The van der Waals surface area contributed by atoms with Gasteiger partial charge in [0.15, 0.2) is 0 Å². The highest BCUT2D eigenvalue weighted by molar-refractivity contribution is 5.94. The molecule has 104 valence electrons. The third-order valence-corrected chi connectivity index (χ3v) is 3.46. The number of carbonyl (C=O) groups excluding carboxylic acids is 1. The van der Waals surface area contributed by atoms with E-state index in [4.69, 9.17) is 5.73 Å². The van der Waals surface area contributed by atoms with Crippen molar-refractivity contribution in [2.45, 2.75) is 19.5 Å². The molecule has 0 aliphatic carbocycles. The van der Waals surface area contributed by atoms with E-state index in [0.29, 0.717) is 12.1 Å². The molecule has 0 fully saturated rings. The van der Waals surface area contributed by atoms with Crippen molar-refractivity contribution in [1.29, 1.82) is 0 Å². The second kappa shape index (κ2) is 6.30. The van der Waals surface area contributed by atoms with Crippen LogP contribution in [0.4, 0.5) is 0 Å². The van der Waals surface area contributed by atoms with Gasteiger partial charge in [-0.1, -0.05) is 30.3 Å². The second-order valence-electron chi connectivity index (χ2n) is 4.74. The minimum absolute atomic E-state index is 0.0122. The topological polar surface area (TPSA) is 59.2 Å². The molecule has 0 saturated carbocycles. The van der Waals surface area contributed by atoms with E-state index in [2.05, 4.69) is 4.98 Å². The molecule has 1 aromatic heterocycles. The smallest absolute Gasteiger partial charge is 0.254 e. The SMILES string of the molecule is CC(c1ccccc1)N(C)C(=O)c1ccnc(CN)c1. The lowest BCUT2D eigenvalue weighted by atomic mass is 10.1. The largest absolute Gasteiger partial charge is 0.335 e. The van der Waals surface area contributed by atoms with Crippen LogP contribution in [0.1, 0.15) is 34.6 Å². The Morgan fingerprint density at radius 3 is 2.65 bits per heavy atom. The molecule has 0 saturated heterocycles. The van der Waals surface area contributed by atoms with E-state index in [1.807, 2.05) is 44.3 Å². The van der Waals surface area contributed by atoms with Gasteiger partial charge < -0.3 is 10.6 Å². The van der Waals surface area contributed by atoms with E-state index in [1.165, 1.54) is 0 Å². The van der Waals surface area contributed by atoms with Gasteiger partial charge in [0.25, 0.3) is 5.91 Å². The van der Waals surface area contributed by atoms with Crippen LogP contribution in [0.5, 0.6) is 0 Å². The zero-order chi connectivity index (χ0) is 14.5. The molecule has 20 heavy (non-hydrogen) atoms. The summed E-state index contributed by atoms with van der Waals surface area (Å²) >= 11 is 0. The molecule has 0 bridgehead atoms. The average molecular weight is 269 g/mol. The van der Waals surface area contributed by atoms with Crippen molar-refractivity contribution in [1.82, 2.24) is 9.88 Å². The highest BCUT2D eigenvalue weighted by atomic mass is 16.2. The van der Waals surface area contributed by atoms with Crippen molar-refractivity contribution in [2.24, 2.45) is 5.73 Å². The van der Waals surface area contributed by atoms with Gasteiger partial charge >= 0.3 is 0 Å². The first kappa shape index (κ1) is 14.2. The number of hydrogen-bond acceptors (Lipinski definition) is 3. The minimum atomic E-state index is -0.0292. The van der Waals surface area contributed by atoms with Crippen LogP contribution in [-0.2, 0) is 6.54 Å². The van der Waals surface area contributed by atoms with Crippen molar-refractivity contribution >= 4 is 5.91 Å². The van der Waals surface area contributed by atoms with E-state index in [9.17, 15) is 4.79 Å². The van der Waals surface area contributed by atoms with Crippen LogP contribution in [0.25, 0.3) is 0 Å². The van der Waals surface area contributed by atoms with Crippen LogP contribution in [0.15, 0.2) is 48.7 Å². The first-order chi connectivity index (χ1) is 9.63. The number of aromatic nitrogens is 1. The quantitative estimate of drug-likeness (QED) is 0.927. The Balaban J connectivity index is 2.19. The first-order valence-electron chi connectivity index (χ1n) is 6.60. The molecule has 2 rings (SSSR count). The van der Waals surface area contributed by atoms with Crippen molar-refractivity contribution < 1.29 is 4.79 Å². The molecule has 0 spiro atoms. The fourth-order valence-electron chi connectivity index (χ4n) is 2.06. The van der Waals surface area contributed by atoms with Gasteiger partial charge in [-0.3, -0.25) is 9.78 Å². The summed E-state index contributed by atoms with van der Waals surface area (Å²) in [5, 5.41) is 0. The molecule has 2 N–H and O–H groups in total. The maximum absolute atomic E-state index is 12.5. The molecule has 1 atom stereocenters. The van der Waals surface area contributed by atoms with Crippen molar-refractivity contribution in [3.05, 3.63) is 65.5 Å². The summed E-state index contributed by atoms with van der Waals surface area (Å²) in [6.07, 6.45) is 1.62. The number of nitrogens with zero attached hydrogens (tertiary/aromatic N) is 2. The van der Waals surface area contributed by atoms with Crippen LogP contribution in [0.3, 0.4) is 0 Å². The Bertz CT molecular complexity index is 583. The van der Waals surface area contributed by atoms with Crippen molar-refractivity contribution in [2.75, 3.05) is 7.05 Å². The molecule has 2 aromatic rings. The lowest BCUT2D eigenvalue weighted by Crippen LogP contribution is -2.29.